The van der Waals surface area contributed by atoms with Crippen LogP contribution in [0.15, 0.2) is 231 Å². The second kappa shape index (κ2) is 14.3. The molecule has 13 aromatic rings. The molecule has 0 aliphatic carbocycles. The van der Waals surface area contributed by atoms with E-state index in [1.807, 2.05) is 0 Å². The minimum atomic E-state index is -3.00. The molecule has 300 valence electrons. The van der Waals surface area contributed by atoms with Crippen LogP contribution in [0.2, 0.25) is 0 Å². The molecule has 64 heavy (non-hydrogen) atoms. The van der Waals surface area contributed by atoms with E-state index in [4.69, 9.17) is 15.0 Å². The van der Waals surface area contributed by atoms with Gasteiger partial charge in [-0.05, 0) is 64.1 Å². The summed E-state index contributed by atoms with van der Waals surface area (Å²) >= 11 is 0. The van der Waals surface area contributed by atoms with Gasteiger partial charge in [0.25, 0.3) is 8.24 Å². The summed E-state index contributed by atoms with van der Waals surface area (Å²) in [4.78, 5) is 16.3. The molecule has 0 atom stereocenters. The molecule has 0 unspecified atom stereocenters. The molecule has 0 bridgehead atoms. The fourth-order valence-corrected chi connectivity index (χ4v) is 15.3. The summed E-state index contributed by atoms with van der Waals surface area (Å²) in [5, 5.41) is 10.8. The van der Waals surface area contributed by atoms with Gasteiger partial charge in [0.1, 0.15) is 0 Å². The molecule has 0 fully saturated rings. The Morgan fingerprint density at radius 2 is 0.609 bits per heavy atom. The molecule has 0 saturated carbocycles. The van der Waals surface area contributed by atoms with E-state index < -0.39 is 8.24 Å². The van der Waals surface area contributed by atoms with E-state index in [1.165, 1.54) is 26.5 Å². The van der Waals surface area contributed by atoms with Crippen molar-refractivity contribution in [2.24, 2.45) is 0 Å². The summed E-state index contributed by atoms with van der Waals surface area (Å²) in [6.45, 7) is 0. The van der Waals surface area contributed by atoms with Gasteiger partial charge in [0.2, 0.25) is 11.9 Å². The first kappa shape index (κ1) is 36.3. The lowest BCUT2D eigenvalue weighted by Crippen LogP contribution is -2.72. The van der Waals surface area contributed by atoms with Crippen molar-refractivity contribution >= 4 is 89.2 Å². The van der Waals surface area contributed by atoms with Gasteiger partial charge in [-0.3, -0.25) is 9.13 Å². The van der Waals surface area contributed by atoms with Gasteiger partial charge in [-0.25, -0.2) is 0 Å². The molecule has 9 aromatic carbocycles. The van der Waals surface area contributed by atoms with Gasteiger partial charge in [-0.15, -0.1) is 0 Å². The molecule has 7 heteroatoms. The third-order valence-corrected chi connectivity index (χ3v) is 17.7. The molecule has 0 aliphatic heterocycles. The van der Waals surface area contributed by atoms with Crippen molar-refractivity contribution in [1.29, 1.82) is 0 Å². The molecule has 13 rings (SSSR count). The lowest BCUT2D eigenvalue weighted by Gasteiger charge is -2.36. The standard InChI is InChI=1S/C57H38N6Si/c1-4-20-40(21-5-1)64(41-22-6-2-7-23-41,42-24-8-3-9-25-42)63-53-35-19-14-30-47(53)48-38-39(36-37-54(48)63)55-58-56(61-49-31-15-10-26-43(49)44-27-11-16-32-50(44)61)60-57(59-55)62-51-33-17-12-28-45(51)46-29-13-18-34-52(46)62/h1-38H. The van der Waals surface area contributed by atoms with Crippen molar-refractivity contribution in [2.75, 3.05) is 0 Å². The Kier molecular flexibility index (Phi) is 8.13. The molecule has 0 radical (unpaired) electrons. The largest absolute Gasteiger partial charge is 0.355 e. The van der Waals surface area contributed by atoms with Crippen LogP contribution < -0.4 is 15.6 Å². The van der Waals surface area contributed by atoms with E-state index >= 15 is 0 Å². The summed E-state index contributed by atoms with van der Waals surface area (Å²) < 4.78 is 7.07. The first-order valence-corrected chi connectivity index (χ1v) is 23.7. The van der Waals surface area contributed by atoms with Crippen LogP contribution in [0.1, 0.15) is 0 Å². The number of aromatic nitrogens is 6. The van der Waals surface area contributed by atoms with Crippen molar-refractivity contribution in [2.45, 2.75) is 0 Å². The molecule has 4 heterocycles. The van der Waals surface area contributed by atoms with Crippen LogP contribution in [0.4, 0.5) is 0 Å². The SMILES string of the molecule is c1ccc([Si](c2ccccc2)(c2ccccc2)n2c3ccccc3c3cc(-c4nc(-n5c6ccccc6c6ccccc65)nc(-n5c6ccccc6c6ccccc65)n4)ccc32)cc1. The fraction of sp³-hybridized carbons (Fsp3) is 0. The summed E-state index contributed by atoms with van der Waals surface area (Å²) in [7, 11) is -3.00. The van der Waals surface area contributed by atoms with Crippen LogP contribution in [0.3, 0.4) is 0 Å². The number of para-hydroxylation sites is 5. The highest BCUT2D eigenvalue weighted by molar-refractivity contribution is 7.11. The lowest BCUT2D eigenvalue weighted by molar-refractivity contribution is 0.893. The number of rotatable bonds is 7. The van der Waals surface area contributed by atoms with E-state index in [2.05, 4.69) is 244 Å². The highest BCUT2D eigenvalue weighted by atomic mass is 28.3. The van der Waals surface area contributed by atoms with Gasteiger partial charge >= 0.3 is 0 Å². The van der Waals surface area contributed by atoms with Gasteiger partial charge < -0.3 is 4.23 Å². The first-order chi connectivity index (χ1) is 31.8. The maximum Gasteiger partial charge on any atom is 0.257 e. The van der Waals surface area contributed by atoms with Gasteiger partial charge in [-0.2, -0.15) is 15.0 Å². The minimum absolute atomic E-state index is 0.561. The smallest absolute Gasteiger partial charge is 0.257 e. The van der Waals surface area contributed by atoms with Crippen molar-refractivity contribution in [3.05, 3.63) is 231 Å². The normalized spacial score (nSPS) is 12.1. The van der Waals surface area contributed by atoms with Gasteiger partial charge in [-0.1, -0.05) is 182 Å². The van der Waals surface area contributed by atoms with E-state index in [0.717, 1.165) is 60.1 Å². The summed E-state index contributed by atoms with van der Waals surface area (Å²) in [5.41, 5.74) is 7.41. The molecule has 0 amide bonds. The monoisotopic (exact) mass is 834 g/mol. The number of nitrogens with zero attached hydrogens (tertiary/aromatic N) is 6. The van der Waals surface area contributed by atoms with E-state index in [9.17, 15) is 0 Å². The second-order valence-corrected chi connectivity index (χ2v) is 20.0. The average Bonchev–Trinajstić information content (AvgIpc) is 4.01. The topological polar surface area (TPSA) is 53.5 Å². The number of benzene rings is 9. The molecule has 0 saturated heterocycles. The molecule has 0 aliphatic rings. The molecule has 4 aromatic heterocycles. The number of hydrogen-bond donors (Lipinski definition) is 0. The Hall–Kier alpha value is -8.39. The Bertz CT molecular complexity index is 3570. The fourth-order valence-electron chi connectivity index (χ4n) is 10.4. The second-order valence-electron chi connectivity index (χ2n) is 16.4. The number of fused-ring (bicyclic) bond motifs is 9. The average molecular weight is 835 g/mol. The first-order valence-electron chi connectivity index (χ1n) is 21.7. The third kappa shape index (κ3) is 5.28. The zero-order valence-corrected chi connectivity index (χ0v) is 35.6. The molecular formula is C57H38N6Si. The Morgan fingerprint density at radius 3 is 1.02 bits per heavy atom. The Labute approximate surface area is 369 Å². The maximum atomic E-state index is 5.43. The van der Waals surface area contributed by atoms with Crippen molar-refractivity contribution in [3.8, 4) is 23.3 Å². The molecule has 0 spiro atoms. The molecule has 6 nitrogen and oxygen atoms in total. The van der Waals surface area contributed by atoms with Gasteiger partial charge in [0.15, 0.2) is 5.82 Å². The lowest BCUT2D eigenvalue weighted by atomic mass is 10.1. The van der Waals surface area contributed by atoms with Crippen LogP contribution in [-0.4, -0.2) is 36.6 Å². The zero-order chi connectivity index (χ0) is 42.2. The summed E-state index contributed by atoms with van der Waals surface area (Å²) in [6.07, 6.45) is 0. The van der Waals surface area contributed by atoms with Crippen molar-refractivity contribution in [3.63, 3.8) is 0 Å². The zero-order valence-electron chi connectivity index (χ0n) is 34.6. The van der Waals surface area contributed by atoms with Gasteiger partial charge in [0.05, 0.1) is 22.1 Å². The van der Waals surface area contributed by atoms with Crippen LogP contribution in [0.25, 0.3) is 88.7 Å². The summed E-state index contributed by atoms with van der Waals surface area (Å²) in [6, 6.07) is 83.1. The predicted molar refractivity (Wildman–Crippen MR) is 266 cm³/mol. The summed E-state index contributed by atoms with van der Waals surface area (Å²) in [5.74, 6) is 1.72. The highest BCUT2D eigenvalue weighted by Gasteiger charge is 2.44. The van der Waals surface area contributed by atoms with Crippen LogP contribution in [0, 0.1) is 0 Å². The number of hydrogen-bond acceptors (Lipinski definition) is 3. The Balaban J connectivity index is 1.12. The minimum Gasteiger partial charge on any atom is -0.355 e. The van der Waals surface area contributed by atoms with Gasteiger partial charge in [0, 0.05) is 48.9 Å². The van der Waals surface area contributed by atoms with E-state index in [-0.39, 0.29) is 0 Å². The predicted octanol–water partition coefficient (Wildman–Crippen LogP) is 11.4. The molecular weight excluding hydrogens is 797 g/mol. The highest BCUT2D eigenvalue weighted by Crippen LogP contribution is 2.37. The van der Waals surface area contributed by atoms with Crippen molar-refractivity contribution in [1.82, 2.24) is 28.3 Å². The maximum absolute atomic E-state index is 5.43. The van der Waals surface area contributed by atoms with E-state index in [1.54, 1.807) is 0 Å². The van der Waals surface area contributed by atoms with Crippen LogP contribution >= 0.6 is 0 Å². The van der Waals surface area contributed by atoms with E-state index in [0.29, 0.717) is 17.7 Å². The quantitative estimate of drug-likeness (QED) is 0.119. The Morgan fingerprint density at radius 1 is 0.281 bits per heavy atom. The van der Waals surface area contributed by atoms with Crippen molar-refractivity contribution < 1.29 is 0 Å². The van der Waals surface area contributed by atoms with Crippen LogP contribution in [0.5, 0.6) is 0 Å². The molecule has 0 N–H and O–H groups in total. The third-order valence-electron chi connectivity index (χ3n) is 13.0. The van der Waals surface area contributed by atoms with Crippen LogP contribution in [-0.2, 0) is 0 Å².